The largest absolute Gasteiger partial charge is 0.495 e. The third-order valence-electron chi connectivity index (χ3n) is 3.31. The fourth-order valence-electron chi connectivity index (χ4n) is 1.99. The second-order valence-electron chi connectivity index (χ2n) is 4.59. The number of rotatable bonds is 4. The maximum absolute atomic E-state index is 11.9. The van der Waals surface area contributed by atoms with Gasteiger partial charge in [0.2, 0.25) is 0 Å². The van der Waals surface area contributed by atoms with Crippen LogP contribution in [-0.2, 0) is 0 Å². The number of carbonyl (C=O) groups is 1. The van der Waals surface area contributed by atoms with Gasteiger partial charge in [-0.05, 0) is 31.4 Å². The summed E-state index contributed by atoms with van der Waals surface area (Å²) in [7, 11) is 1.49. The van der Waals surface area contributed by atoms with Crippen LogP contribution in [0.25, 0.3) is 0 Å². The molecule has 0 atom stereocenters. The van der Waals surface area contributed by atoms with Crippen molar-refractivity contribution >= 4 is 17.6 Å². The standard InChI is InChI=1S/C13H18N4O3/c1-20-10-7-3-6-9(12(14)17-19)11(10)16-13(18)15-8-4-2-5-8/h3,6-8,19H,2,4-5H2,1H3,(H2,14,17)(H2,15,16,18). The molecule has 0 heterocycles. The number of nitrogens with zero attached hydrogens (tertiary/aromatic N) is 1. The van der Waals surface area contributed by atoms with E-state index in [-0.39, 0.29) is 17.9 Å². The van der Waals surface area contributed by atoms with E-state index in [4.69, 9.17) is 15.7 Å². The van der Waals surface area contributed by atoms with Gasteiger partial charge in [-0.3, -0.25) is 0 Å². The summed E-state index contributed by atoms with van der Waals surface area (Å²) in [6.07, 6.45) is 3.12. The van der Waals surface area contributed by atoms with Gasteiger partial charge in [0.15, 0.2) is 5.84 Å². The van der Waals surface area contributed by atoms with Crippen molar-refractivity contribution in [2.45, 2.75) is 25.3 Å². The Hall–Kier alpha value is -2.44. The first kappa shape index (κ1) is 14.0. The third kappa shape index (κ3) is 2.93. The number of nitrogens with two attached hydrogens (primary N) is 1. The van der Waals surface area contributed by atoms with E-state index in [9.17, 15) is 4.79 Å². The Morgan fingerprint density at radius 1 is 1.50 bits per heavy atom. The molecule has 7 heteroatoms. The van der Waals surface area contributed by atoms with Crippen molar-refractivity contribution in [1.82, 2.24) is 5.32 Å². The predicted molar refractivity (Wildman–Crippen MR) is 75.3 cm³/mol. The number of urea groups is 1. The van der Waals surface area contributed by atoms with Crippen LogP contribution in [0.4, 0.5) is 10.5 Å². The van der Waals surface area contributed by atoms with Crippen molar-refractivity contribution in [1.29, 1.82) is 0 Å². The average molecular weight is 278 g/mol. The zero-order chi connectivity index (χ0) is 14.5. The van der Waals surface area contributed by atoms with Crippen LogP contribution in [0.5, 0.6) is 5.75 Å². The number of benzene rings is 1. The highest BCUT2D eigenvalue weighted by Gasteiger charge is 2.21. The van der Waals surface area contributed by atoms with Gasteiger partial charge in [0, 0.05) is 11.6 Å². The molecule has 2 amide bonds. The predicted octanol–water partition coefficient (Wildman–Crippen LogP) is 1.46. The molecular formula is C13H18N4O3. The molecule has 0 radical (unpaired) electrons. The first-order valence-corrected chi connectivity index (χ1v) is 6.38. The van der Waals surface area contributed by atoms with Gasteiger partial charge >= 0.3 is 6.03 Å². The number of methoxy groups -OCH3 is 1. The molecule has 20 heavy (non-hydrogen) atoms. The molecule has 0 spiro atoms. The van der Waals surface area contributed by atoms with Gasteiger partial charge < -0.3 is 26.3 Å². The van der Waals surface area contributed by atoms with Gasteiger partial charge in [-0.25, -0.2) is 4.79 Å². The van der Waals surface area contributed by atoms with Crippen molar-refractivity contribution in [2.24, 2.45) is 10.9 Å². The molecule has 1 aromatic carbocycles. The quantitative estimate of drug-likeness (QED) is 0.289. The molecule has 108 valence electrons. The summed E-state index contributed by atoms with van der Waals surface area (Å²) < 4.78 is 5.19. The minimum absolute atomic E-state index is 0.0946. The number of oxime groups is 1. The van der Waals surface area contributed by atoms with Crippen LogP contribution in [0.2, 0.25) is 0 Å². The zero-order valence-electron chi connectivity index (χ0n) is 11.2. The van der Waals surface area contributed by atoms with Crippen LogP contribution in [0.1, 0.15) is 24.8 Å². The third-order valence-corrected chi connectivity index (χ3v) is 3.31. The second-order valence-corrected chi connectivity index (χ2v) is 4.59. The summed E-state index contributed by atoms with van der Waals surface area (Å²) in [6.45, 7) is 0. The summed E-state index contributed by atoms with van der Waals surface area (Å²) in [4.78, 5) is 11.9. The van der Waals surface area contributed by atoms with Gasteiger partial charge in [-0.15, -0.1) is 0 Å². The van der Waals surface area contributed by atoms with Crippen LogP contribution < -0.4 is 21.1 Å². The molecule has 1 aromatic rings. The summed E-state index contributed by atoms with van der Waals surface area (Å²) >= 11 is 0. The number of para-hydroxylation sites is 1. The van der Waals surface area contributed by atoms with Gasteiger partial charge in [-0.1, -0.05) is 11.2 Å². The van der Waals surface area contributed by atoms with Crippen LogP contribution in [0.3, 0.4) is 0 Å². The molecule has 1 aliphatic carbocycles. The van der Waals surface area contributed by atoms with E-state index in [1.54, 1.807) is 18.2 Å². The topological polar surface area (TPSA) is 109 Å². The zero-order valence-corrected chi connectivity index (χ0v) is 11.2. The first-order valence-electron chi connectivity index (χ1n) is 6.38. The molecule has 0 bridgehead atoms. The molecule has 7 nitrogen and oxygen atoms in total. The SMILES string of the molecule is COc1cccc(/C(N)=N/O)c1NC(=O)NC1CCC1. The smallest absolute Gasteiger partial charge is 0.319 e. The fourth-order valence-corrected chi connectivity index (χ4v) is 1.99. The molecule has 0 aromatic heterocycles. The van der Waals surface area contributed by atoms with E-state index in [0.717, 1.165) is 19.3 Å². The van der Waals surface area contributed by atoms with E-state index in [1.165, 1.54) is 7.11 Å². The monoisotopic (exact) mass is 278 g/mol. The lowest BCUT2D eigenvalue weighted by atomic mass is 9.93. The number of anilines is 1. The van der Waals surface area contributed by atoms with Crippen molar-refractivity contribution in [3.05, 3.63) is 23.8 Å². The van der Waals surface area contributed by atoms with Gasteiger partial charge in [0.05, 0.1) is 12.8 Å². The van der Waals surface area contributed by atoms with Crippen LogP contribution in [0.15, 0.2) is 23.4 Å². The van der Waals surface area contributed by atoms with E-state index in [0.29, 0.717) is 17.0 Å². The fraction of sp³-hybridized carbons (Fsp3) is 0.385. The summed E-state index contributed by atoms with van der Waals surface area (Å²) in [5.74, 6) is 0.348. The summed E-state index contributed by atoms with van der Waals surface area (Å²) in [5.41, 5.74) is 6.38. The van der Waals surface area contributed by atoms with E-state index in [2.05, 4.69) is 15.8 Å². The number of ether oxygens (including phenoxy) is 1. The van der Waals surface area contributed by atoms with Gasteiger partial charge in [-0.2, -0.15) is 0 Å². The second kappa shape index (κ2) is 6.14. The number of amides is 2. The van der Waals surface area contributed by atoms with Crippen molar-refractivity contribution in [3.63, 3.8) is 0 Å². The normalized spacial score (nSPS) is 15.3. The number of carbonyl (C=O) groups excluding carboxylic acids is 1. The Morgan fingerprint density at radius 3 is 2.80 bits per heavy atom. The molecule has 0 unspecified atom stereocenters. The maximum Gasteiger partial charge on any atom is 0.319 e. The minimum atomic E-state index is -0.328. The van der Waals surface area contributed by atoms with Crippen molar-refractivity contribution in [3.8, 4) is 5.75 Å². The first-order chi connectivity index (χ1) is 9.65. The van der Waals surface area contributed by atoms with Crippen molar-refractivity contribution in [2.75, 3.05) is 12.4 Å². The van der Waals surface area contributed by atoms with Crippen LogP contribution >= 0.6 is 0 Å². The van der Waals surface area contributed by atoms with Crippen molar-refractivity contribution < 1.29 is 14.7 Å². The lowest BCUT2D eigenvalue weighted by Gasteiger charge is -2.26. The molecule has 1 saturated carbocycles. The molecule has 0 aliphatic heterocycles. The highest BCUT2D eigenvalue weighted by molar-refractivity contribution is 6.06. The Balaban J connectivity index is 2.21. The lowest BCUT2D eigenvalue weighted by Crippen LogP contribution is -2.42. The Labute approximate surface area is 116 Å². The Bertz CT molecular complexity index is 526. The Kier molecular flexibility index (Phi) is 4.29. The maximum atomic E-state index is 11.9. The minimum Gasteiger partial charge on any atom is -0.495 e. The van der Waals surface area contributed by atoms with Crippen LogP contribution in [-0.4, -0.2) is 30.2 Å². The van der Waals surface area contributed by atoms with E-state index >= 15 is 0 Å². The van der Waals surface area contributed by atoms with E-state index < -0.39 is 0 Å². The van der Waals surface area contributed by atoms with Gasteiger partial charge in [0.25, 0.3) is 0 Å². The van der Waals surface area contributed by atoms with Crippen LogP contribution in [0, 0.1) is 0 Å². The molecule has 0 saturated heterocycles. The van der Waals surface area contributed by atoms with Gasteiger partial charge in [0.1, 0.15) is 5.75 Å². The number of hydrogen-bond donors (Lipinski definition) is 4. The molecule has 1 fully saturated rings. The average Bonchev–Trinajstić information content (AvgIpc) is 2.42. The van der Waals surface area contributed by atoms with E-state index in [1.807, 2.05) is 0 Å². The summed E-state index contributed by atoms with van der Waals surface area (Å²) in [5, 5.41) is 17.3. The molecule has 1 aliphatic rings. The molecular weight excluding hydrogens is 260 g/mol. The number of nitrogens with one attached hydrogen (secondary N) is 2. The molecule has 2 rings (SSSR count). The lowest BCUT2D eigenvalue weighted by molar-refractivity contribution is 0.240. The Morgan fingerprint density at radius 2 is 2.25 bits per heavy atom. The summed E-state index contributed by atoms with van der Waals surface area (Å²) in [6, 6.07) is 4.91. The highest BCUT2D eigenvalue weighted by Crippen LogP contribution is 2.28. The highest BCUT2D eigenvalue weighted by atomic mass is 16.5. The number of amidine groups is 1. The number of hydrogen-bond acceptors (Lipinski definition) is 4. The molecule has 5 N–H and O–H groups in total.